The van der Waals surface area contributed by atoms with Gasteiger partial charge in [0, 0.05) is 23.7 Å². The molecular weight excluding hydrogens is 575 g/mol. The standard InChI is InChI=1S/C30H31FN6O5S/c1-15-9-20(25-22(10-15)35-24(40-6)14-33-25)27-36-23-11-21(31)26(37-28(23)43-27)41-16(2)17(3)42-29(38)34-19-8-7-18(32-13-19)12-30(4,5)39/h7-11,13-14,16-17,39H,12H2,1-6H3,(H,34,38)/t16-,17+/m0/s1. The molecule has 11 nitrogen and oxygen atoms in total. The molecule has 0 aliphatic rings. The Morgan fingerprint density at radius 2 is 1.86 bits per heavy atom. The van der Waals surface area contributed by atoms with Crippen molar-refractivity contribution in [1.82, 2.24) is 24.9 Å². The highest BCUT2D eigenvalue weighted by Crippen LogP contribution is 2.35. The lowest BCUT2D eigenvalue weighted by atomic mass is 10.0. The van der Waals surface area contributed by atoms with Crippen LogP contribution in [0.1, 0.15) is 39.0 Å². The maximum Gasteiger partial charge on any atom is 0.412 e. The Labute approximate surface area is 251 Å². The average molecular weight is 607 g/mol. The van der Waals surface area contributed by atoms with Crippen molar-refractivity contribution in [3.8, 4) is 22.3 Å². The summed E-state index contributed by atoms with van der Waals surface area (Å²) in [7, 11) is 1.53. The van der Waals surface area contributed by atoms with E-state index in [4.69, 9.17) is 14.2 Å². The van der Waals surface area contributed by atoms with E-state index in [1.807, 2.05) is 19.1 Å². The number of pyridine rings is 2. The Hall–Kier alpha value is -4.49. The Morgan fingerprint density at radius 3 is 2.56 bits per heavy atom. The van der Waals surface area contributed by atoms with E-state index in [9.17, 15) is 9.90 Å². The predicted octanol–water partition coefficient (Wildman–Crippen LogP) is 5.87. The summed E-state index contributed by atoms with van der Waals surface area (Å²) in [5.41, 5.74) is 3.59. The molecule has 2 N–H and O–H groups in total. The van der Waals surface area contributed by atoms with Crippen molar-refractivity contribution in [2.45, 2.75) is 58.8 Å². The van der Waals surface area contributed by atoms with Crippen LogP contribution in [0.25, 0.3) is 32.0 Å². The van der Waals surface area contributed by atoms with Gasteiger partial charge >= 0.3 is 6.09 Å². The highest BCUT2D eigenvalue weighted by molar-refractivity contribution is 7.21. The van der Waals surface area contributed by atoms with Crippen molar-refractivity contribution in [2.75, 3.05) is 12.4 Å². The van der Waals surface area contributed by atoms with Gasteiger partial charge in [-0.2, -0.15) is 4.98 Å². The maximum absolute atomic E-state index is 15.0. The van der Waals surface area contributed by atoms with E-state index in [2.05, 4.69) is 30.2 Å². The summed E-state index contributed by atoms with van der Waals surface area (Å²) in [6.45, 7) is 8.61. The molecule has 1 aromatic carbocycles. The number of hydrogen-bond acceptors (Lipinski definition) is 11. The van der Waals surface area contributed by atoms with Crippen LogP contribution in [0, 0.1) is 12.7 Å². The first-order chi connectivity index (χ1) is 20.4. The first kappa shape index (κ1) is 30.0. The number of ether oxygens (including phenoxy) is 3. The van der Waals surface area contributed by atoms with Gasteiger partial charge in [-0.15, -0.1) is 0 Å². The fraction of sp³-hybridized carbons (Fsp3) is 0.333. The third kappa shape index (κ3) is 7.12. The van der Waals surface area contributed by atoms with Crippen LogP contribution in [-0.4, -0.2) is 61.0 Å². The second kappa shape index (κ2) is 12.0. The minimum atomic E-state index is -0.895. The van der Waals surface area contributed by atoms with Crippen molar-refractivity contribution in [3.05, 3.63) is 59.8 Å². The topological polar surface area (TPSA) is 141 Å². The first-order valence-corrected chi connectivity index (χ1v) is 14.3. The van der Waals surface area contributed by atoms with Crippen LogP contribution >= 0.6 is 11.3 Å². The number of benzene rings is 1. The molecule has 0 fully saturated rings. The van der Waals surface area contributed by atoms with Gasteiger partial charge in [-0.25, -0.2) is 24.1 Å². The van der Waals surface area contributed by atoms with Crippen LogP contribution in [0.3, 0.4) is 0 Å². The number of anilines is 1. The lowest BCUT2D eigenvalue weighted by Gasteiger charge is -2.21. The van der Waals surface area contributed by atoms with E-state index >= 15 is 4.39 Å². The normalized spacial score (nSPS) is 13.1. The number of thiazole rings is 1. The van der Waals surface area contributed by atoms with Gasteiger partial charge in [0.2, 0.25) is 5.88 Å². The molecule has 0 radical (unpaired) electrons. The van der Waals surface area contributed by atoms with Crippen LogP contribution in [0.2, 0.25) is 0 Å². The van der Waals surface area contributed by atoms with E-state index < -0.39 is 29.7 Å². The van der Waals surface area contributed by atoms with E-state index in [1.54, 1.807) is 39.8 Å². The molecule has 5 rings (SSSR count). The SMILES string of the molecule is COc1cnc2c(-c3nc4cc(F)c(O[C@@H](C)[C@@H](C)OC(=O)Nc5ccc(CC(C)(C)O)nc5)nc4s3)cc(C)cc2n1. The molecule has 0 bridgehead atoms. The van der Waals surface area contributed by atoms with Gasteiger partial charge in [0.05, 0.1) is 41.8 Å². The van der Waals surface area contributed by atoms with Gasteiger partial charge < -0.3 is 19.3 Å². The summed E-state index contributed by atoms with van der Waals surface area (Å²) >= 11 is 1.27. The molecule has 0 spiro atoms. The van der Waals surface area contributed by atoms with Crippen molar-refractivity contribution >= 4 is 44.5 Å². The Balaban J connectivity index is 1.28. The number of hydrogen-bond donors (Lipinski definition) is 2. The van der Waals surface area contributed by atoms with Crippen molar-refractivity contribution in [2.24, 2.45) is 0 Å². The number of amides is 1. The smallest absolute Gasteiger partial charge is 0.412 e. The largest absolute Gasteiger partial charge is 0.480 e. The number of carbonyl (C=O) groups is 1. The highest BCUT2D eigenvalue weighted by Gasteiger charge is 2.23. The molecule has 0 unspecified atom stereocenters. The van der Waals surface area contributed by atoms with Crippen LogP contribution < -0.4 is 14.8 Å². The van der Waals surface area contributed by atoms with Gasteiger partial charge in [-0.1, -0.05) is 11.3 Å². The summed E-state index contributed by atoms with van der Waals surface area (Å²) in [4.78, 5) is 35.1. The van der Waals surface area contributed by atoms with Crippen molar-refractivity contribution < 1.29 is 28.5 Å². The fourth-order valence-corrected chi connectivity index (χ4v) is 5.19. The zero-order chi connectivity index (χ0) is 30.9. The fourth-order valence-electron chi connectivity index (χ4n) is 4.26. The average Bonchev–Trinajstić information content (AvgIpc) is 3.35. The lowest BCUT2D eigenvalue weighted by molar-refractivity contribution is 0.0379. The van der Waals surface area contributed by atoms with Gasteiger partial charge in [0.25, 0.3) is 5.88 Å². The van der Waals surface area contributed by atoms with Gasteiger partial charge in [0.15, 0.2) is 5.82 Å². The third-order valence-electron chi connectivity index (χ3n) is 6.45. The Kier molecular flexibility index (Phi) is 8.38. The zero-order valence-corrected chi connectivity index (χ0v) is 25.3. The number of rotatable bonds is 9. The van der Waals surface area contributed by atoms with Crippen molar-refractivity contribution in [1.29, 1.82) is 0 Å². The Morgan fingerprint density at radius 1 is 1.07 bits per heavy atom. The molecule has 4 heterocycles. The number of carbonyl (C=O) groups excluding carboxylic acids is 1. The summed E-state index contributed by atoms with van der Waals surface area (Å²) in [5.74, 6) is -0.516. The zero-order valence-electron chi connectivity index (χ0n) is 24.5. The number of aryl methyl sites for hydroxylation is 1. The summed E-state index contributed by atoms with van der Waals surface area (Å²) < 4.78 is 31.4. The number of fused-ring (bicyclic) bond motifs is 2. The molecule has 0 saturated heterocycles. The molecule has 2 atom stereocenters. The summed E-state index contributed by atoms with van der Waals surface area (Å²) in [6, 6.07) is 8.50. The number of nitrogens with zero attached hydrogens (tertiary/aromatic N) is 5. The molecule has 43 heavy (non-hydrogen) atoms. The second-order valence-corrected chi connectivity index (χ2v) is 11.8. The van der Waals surface area contributed by atoms with E-state index in [0.717, 1.165) is 11.1 Å². The van der Waals surface area contributed by atoms with E-state index in [1.165, 1.54) is 36.9 Å². The highest BCUT2D eigenvalue weighted by atomic mass is 32.1. The quantitative estimate of drug-likeness (QED) is 0.209. The molecule has 4 aromatic heterocycles. The monoisotopic (exact) mass is 606 g/mol. The van der Waals surface area contributed by atoms with Crippen LogP contribution in [-0.2, 0) is 11.2 Å². The van der Waals surface area contributed by atoms with Crippen molar-refractivity contribution in [3.63, 3.8) is 0 Å². The molecule has 5 aromatic rings. The first-order valence-electron chi connectivity index (χ1n) is 13.5. The number of methoxy groups -OCH3 is 1. The van der Waals surface area contributed by atoms with E-state index in [0.29, 0.717) is 50.1 Å². The molecule has 0 saturated carbocycles. The minimum absolute atomic E-state index is 0.226. The lowest BCUT2D eigenvalue weighted by Crippen LogP contribution is -2.33. The number of aliphatic hydroxyl groups is 1. The van der Waals surface area contributed by atoms with Gasteiger partial charge in [-0.3, -0.25) is 10.3 Å². The van der Waals surface area contributed by atoms with Gasteiger partial charge in [0.1, 0.15) is 27.6 Å². The molecule has 224 valence electrons. The molecular formula is C30H31FN6O5S. The number of aromatic nitrogens is 5. The number of nitrogens with one attached hydrogen (secondary N) is 1. The molecule has 1 amide bonds. The minimum Gasteiger partial charge on any atom is -0.480 e. The third-order valence-corrected chi connectivity index (χ3v) is 7.45. The predicted molar refractivity (Wildman–Crippen MR) is 161 cm³/mol. The Bertz CT molecular complexity index is 1790. The number of halogens is 1. The van der Waals surface area contributed by atoms with Crippen LogP contribution in [0.15, 0.2) is 42.7 Å². The van der Waals surface area contributed by atoms with E-state index in [-0.39, 0.29) is 5.88 Å². The molecule has 0 aliphatic carbocycles. The molecule has 0 aliphatic heterocycles. The van der Waals surface area contributed by atoms with Gasteiger partial charge in [-0.05, 0) is 64.4 Å². The molecule has 13 heteroatoms. The summed E-state index contributed by atoms with van der Waals surface area (Å²) in [5, 5.41) is 13.2. The second-order valence-electron chi connectivity index (χ2n) is 10.8. The maximum atomic E-state index is 15.0. The van der Waals surface area contributed by atoms with Crippen LogP contribution in [0.4, 0.5) is 14.9 Å². The summed E-state index contributed by atoms with van der Waals surface area (Å²) in [6.07, 6.45) is 1.20. The van der Waals surface area contributed by atoms with Crippen LogP contribution in [0.5, 0.6) is 11.8 Å².